The van der Waals surface area contributed by atoms with Crippen molar-refractivity contribution in [3.8, 4) is 5.69 Å². The van der Waals surface area contributed by atoms with E-state index in [1.54, 1.807) is 30.7 Å². The van der Waals surface area contributed by atoms with Crippen molar-refractivity contribution in [1.82, 2.24) is 20.1 Å². The highest BCUT2D eigenvalue weighted by Gasteiger charge is 2.02. The Labute approximate surface area is 134 Å². The van der Waals surface area contributed by atoms with E-state index in [4.69, 9.17) is 0 Å². The molecular weight excluding hydrogens is 290 g/mol. The number of amides is 2. The van der Waals surface area contributed by atoms with Crippen molar-refractivity contribution in [1.29, 1.82) is 0 Å². The number of nitrogens with one attached hydrogen (secondary N) is 2. The molecule has 23 heavy (non-hydrogen) atoms. The Hall–Kier alpha value is -3.15. The summed E-state index contributed by atoms with van der Waals surface area (Å²) in [6, 6.07) is 13.3. The third-order valence-corrected chi connectivity index (χ3v) is 3.32. The average Bonchev–Trinajstić information content (AvgIpc) is 3.11. The van der Waals surface area contributed by atoms with Crippen LogP contribution in [0.2, 0.25) is 0 Å². The fourth-order valence-corrected chi connectivity index (χ4v) is 2.17. The first-order chi connectivity index (χ1) is 11.3. The molecule has 6 nitrogen and oxygen atoms in total. The maximum Gasteiger partial charge on any atom is 0.319 e. The maximum atomic E-state index is 11.8. The van der Waals surface area contributed by atoms with E-state index >= 15 is 0 Å². The lowest BCUT2D eigenvalue weighted by Crippen LogP contribution is -2.30. The monoisotopic (exact) mass is 307 g/mol. The van der Waals surface area contributed by atoms with Gasteiger partial charge in [-0.15, -0.1) is 0 Å². The van der Waals surface area contributed by atoms with Crippen LogP contribution < -0.4 is 10.6 Å². The number of carbonyl (C=O) groups excluding carboxylic acids is 1. The van der Waals surface area contributed by atoms with E-state index in [-0.39, 0.29) is 6.03 Å². The van der Waals surface area contributed by atoms with Crippen LogP contribution >= 0.6 is 0 Å². The van der Waals surface area contributed by atoms with Gasteiger partial charge in [0, 0.05) is 25.1 Å². The zero-order valence-electron chi connectivity index (χ0n) is 12.5. The highest BCUT2D eigenvalue weighted by molar-refractivity contribution is 5.88. The topological polar surface area (TPSA) is 71.8 Å². The van der Waals surface area contributed by atoms with Crippen LogP contribution in [0.4, 0.5) is 10.5 Å². The third kappa shape index (κ3) is 4.16. The van der Waals surface area contributed by atoms with E-state index in [1.807, 2.05) is 41.2 Å². The highest BCUT2D eigenvalue weighted by Crippen LogP contribution is 2.09. The Morgan fingerprint density at radius 1 is 1.09 bits per heavy atom. The van der Waals surface area contributed by atoms with Gasteiger partial charge in [-0.05, 0) is 42.3 Å². The molecule has 0 bridgehead atoms. The Kier molecular flexibility index (Phi) is 4.63. The molecule has 2 N–H and O–H groups in total. The summed E-state index contributed by atoms with van der Waals surface area (Å²) < 4.78 is 1.81. The van der Waals surface area contributed by atoms with E-state index in [9.17, 15) is 4.79 Å². The van der Waals surface area contributed by atoms with E-state index in [0.717, 1.165) is 17.7 Å². The molecule has 0 radical (unpaired) electrons. The number of pyridine rings is 1. The van der Waals surface area contributed by atoms with Gasteiger partial charge >= 0.3 is 6.03 Å². The van der Waals surface area contributed by atoms with Gasteiger partial charge in [0.25, 0.3) is 0 Å². The number of rotatable bonds is 5. The van der Waals surface area contributed by atoms with Crippen LogP contribution in [0.25, 0.3) is 5.69 Å². The van der Waals surface area contributed by atoms with Gasteiger partial charge in [-0.3, -0.25) is 4.98 Å². The molecule has 3 aromatic rings. The standard InChI is InChI=1S/C17H17N5O/c23-17(21-15-3-1-9-18-13-15)19-11-8-14-4-6-16(7-5-14)22-12-2-10-20-22/h1-7,9-10,12-13H,8,11H2,(H2,19,21,23). The smallest absolute Gasteiger partial charge is 0.319 e. The van der Waals surface area contributed by atoms with Gasteiger partial charge in [0.2, 0.25) is 0 Å². The summed E-state index contributed by atoms with van der Waals surface area (Å²) in [5.41, 5.74) is 2.84. The minimum absolute atomic E-state index is 0.230. The lowest BCUT2D eigenvalue weighted by Gasteiger charge is -2.08. The molecule has 2 aromatic heterocycles. The molecule has 0 spiro atoms. The van der Waals surface area contributed by atoms with Gasteiger partial charge < -0.3 is 10.6 Å². The molecule has 0 aliphatic carbocycles. The fourth-order valence-electron chi connectivity index (χ4n) is 2.17. The van der Waals surface area contributed by atoms with Crippen molar-refractivity contribution in [2.45, 2.75) is 6.42 Å². The molecule has 0 atom stereocenters. The fraction of sp³-hybridized carbons (Fsp3) is 0.118. The lowest BCUT2D eigenvalue weighted by molar-refractivity contribution is 0.252. The Bertz CT molecular complexity index is 738. The average molecular weight is 307 g/mol. The van der Waals surface area contributed by atoms with Gasteiger partial charge in [-0.1, -0.05) is 12.1 Å². The van der Waals surface area contributed by atoms with Crippen LogP contribution in [-0.4, -0.2) is 27.3 Å². The van der Waals surface area contributed by atoms with Gasteiger partial charge in [0.1, 0.15) is 0 Å². The summed E-state index contributed by atoms with van der Waals surface area (Å²) in [5, 5.41) is 9.75. The van der Waals surface area contributed by atoms with Crippen molar-refractivity contribution >= 4 is 11.7 Å². The van der Waals surface area contributed by atoms with Gasteiger partial charge in [-0.2, -0.15) is 5.10 Å². The number of nitrogens with zero attached hydrogens (tertiary/aromatic N) is 3. The summed E-state index contributed by atoms with van der Waals surface area (Å²) in [4.78, 5) is 15.7. The van der Waals surface area contributed by atoms with Crippen LogP contribution in [0.5, 0.6) is 0 Å². The second-order valence-electron chi connectivity index (χ2n) is 4.99. The highest BCUT2D eigenvalue weighted by atomic mass is 16.2. The van der Waals surface area contributed by atoms with Crippen molar-refractivity contribution in [2.24, 2.45) is 0 Å². The number of benzene rings is 1. The summed E-state index contributed by atoms with van der Waals surface area (Å²) >= 11 is 0. The Morgan fingerprint density at radius 2 is 1.96 bits per heavy atom. The van der Waals surface area contributed by atoms with Crippen molar-refractivity contribution in [3.05, 3.63) is 72.8 Å². The number of hydrogen-bond donors (Lipinski definition) is 2. The van der Waals surface area contributed by atoms with Crippen molar-refractivity contribution in [3.63, 3.8) is 0 Å². The maximum absolute atomic E-state index is 11.8. The summed E-state index contributed by atoms with van der Waals surface area (Å²) in [6.07, 6.45) is 7.68. The first-order valence-electron chi connectivity index (χ1n) is 7.35. The number of urea groups is 1. The molecule has 0 aliphatic heterocycles. The SMILES string of the molecule is O=C(NCCc1ccc(-n2cccn2)cc1)Nc1cccnc1. The van der Waals surface area contributed by atoms with Crippen LogP contribution in [0, 0.1) is 0 Å². The van der Waals surface area contributed by atoms with Crippen LogP contribution in [0.1, 0.15) is 5.56 Å². The molecule has 3 rings (SSSR count). The van der Waals surface area contributed by atoms with E-state index in [1.165, 1.54) is 0 Å². The third-order valence-electron chi connectivity index (χ3n) is 3.32. The minimum atomic E-state index is -0.230. The predicted molar refractivity (Wildman–Crippen MR) is 88.5 cm³/mol. The summed E-state index contributed by atoms with van der Waals surface area (Å²) in [7, 11) is 0. The predicted octanol–water partition coefficient (Wildman–Crippen LogP) is 2.63. The number of carbonyl (C=O) groups is 1. The van der Waals surface area contributed by atoms with E-state index in [0.29, 0.717) is 12.2 Å². The summed E-state index contributed by atoms with van der Waals surface area (Å²) in [5.74, 6) is 0. The molecular formula is C17H17N5O. The second-order valence-corrected chi connectivity index (χ2v) is 4.99. The van der Waals surface area contributed by atoms with Crippen molar-refractivity contribution in [2.75, 3.05) is 11.9 Å². The molecule has 0 saturated heterocycles. The molecule has 116 valence electrons. The van der Waals surface area contributed by atoms with E-state index < -0.39 is 0 Å². The van der Waals surface area contributed by atoms with Crippen molar-refractivity contribution < 1.29 is 4.79 Å². The molecule has 0 fully saturated rings. The summed E-state index contributed by atoms with van der Waals surface area (Å²) in [6.45, 7) is 0.563. The Morgan fingerprint density at radius 3 is 2.65 bits per heavy atom. The van der Waals surface area contributed by atoms with E-state index in [2.05, 4.69) is 20.7 Å². The quantitative estimate of drug-likeness (QED) is 0.761. The first-order valence-corrected chi connectivity index (χ1v) is 7.35. The minimum Gasteiger partial charge on any atom is -0.338 e. The largest absolute Gasteiger partial charge is 0.338 e. The number of hydrogen-bond acceptors (Lipinski definition) is 3. The van der Waals surface area contributed by atoms with Crippen LogP contribution in [-0.2, 0) is 6.42 Å². The molecule has 6 heteroatoms. The lowest BCUT2D eigenvalue weighted by atomic mass is 10.1. The van der Waals surface area contributed by atoms with Crippen LogP contribution in [0.3, 0.4) is 0 Å². The van der Waals surface area contributed by atoms with Crippen LogP contribution in [0.15, 0.2) is 67.3 Å². The first kappa shape index (κ1) is 14.8. The second kappa shape index (κ2) is 7.22. The Balaban J connectivity index is 1.46. The number of aromatic nitrogens is 3. The zero-order valence-corrected chi connectivity index (χ0v) is 12.5. The number of anilines is 1. The van der Waals surface area contributed by atoms with Gasteiger partial charge in [0.15, 0.2) is 0 Å². The molecule has 0 unspecified atom stereocenters. The van der Waals surface area contributed by atoms with Gasteiger partial charge in [-0.25, -0.2) is 9.48 Å². The normalized spacial score (nSPS) is 10.3. The molecule has 0 saturated carbocycles. The molecule has 2 heterocycles. The molecule has 1 aromatic carbocycles. The zero-order chi connectivity index (χ0) is 15.9. The van der Waals surface area contributed by atoms with Gasteiger partial charge in [0.05, 0.1) is 17.6 Å². The molecule has 0 aliphatic rings. The molecule has 2 amide bonds.